The first kappa shape index (κ1) is 29.0. The molecule has 3 fully saturated rings. The van der Waals surface area contributed by atoms with Gasteiger partial charge >= 0.3 is 6.18 Å². The van der Waals surface area contributed by atoms with E-state index in [-0.39, 0.29) is 30.1 Å². The molecule has 8 nitrogen and oxygen atoms in total. The zero-order valence-corrected chi connectivity index (χ0v) is 22.8. The highest BCUT2D eigenvalue weighted by Gasteiger charge is 2.59. The Bertz CT molecular complexity index is 972. The average molecular weight is 543 g/mol. The van der Waals surface area contributed by atoms with Gasteiger partial charge in [0.15, 0.2) is 0 Å². The summed E-state index contributed by atoms with van der Waals surface area (Å²) < 4.78 is 50.3. The van der Waals surface area contributed by atoms with Crippen molar-refractivity contribution >= 4 is 11.6 Å². The molecule has 2 bridgehead atoms. The summed E-state index contributed by atoms with van der Waals surface area (Å²) >= 11 is 0. The SMILES string of the molecule is CO[C@@H](C)COCCCN[C@@H]1CC[C@@](C(=O)N2C[C@H]3C[C@H]2CN3c2ccnc(C(F)(F)F)c2)(C(C)(C)O)C1. The van der Waals surface area contributed by atoms with Gasteiger partial charge < -0.3 is 29.7 Å². The number of halogens is 3. The van der Waals surface area contributed by atoms with Crippen LogP contribution in [0.5, 0.6) is 0 Å². The van der Waals surface area contributed by atoms with Crippen molar-refractivity contribution in [2.24, 2.45) is 5.41 Å². The molecule has 1 amide bonds. The maximum atomic E-state index is 14.0. The molecule has 0 aromatic carbocycles. The number of amides is 1. The van der Waals surface area contributed by atoms with Crippen LogP contribution in [0.4, 0.5) is 18.9 Å². The van der Waals surface area contributed by atoms with Crippen molar-refractivity contribution < 1.29 is 32.5 Å². The van der Waals surface area contributed by atoms with Crippen LogP contribution in [0.15, 0.2) is 18.3 Å². The molecule has 1 aromatic heterocycles. The number of rotatable bonds is 11. The van der Waals surface area contributed by atoms with E-state index in [2.05, 4.69) is 10.3 Å². The number of aromatic nitrogens is 1. The summed E-state index contributed by atoms with van der Waals surface area (Å²) in [6.45, 7) is 8.24. The number of piperazine rings is 1. The number of carbonyl (C=O) groups is 1. The molecule has 1 aromatic rings. The van der Waals surface area contributed by atoms with E-state index in [1.54, 1.807) is 27.0 Å². The number of methoxy groups -OCH3 is 1. The van der Waals surface area contributed by atoms with Gasteiger partial charge in [-0.15, -0.1) is 0 Å². The van der Waals surface area contributed by atoms with E-state index >= 15 is 0 Å². The molecule has 11 heteroatoms. The third-order valence-corrected chi connectivity index (χ3v) is 8.62. The molecule has 0 spiro atoms. The van der Waals surface area contributed by atoms with E-state index in [9.17, 15) is 23.1 Å². The second-order valence-corrected chi connectivity index (χ2v) is 11.6. The number of likely N-dealkylation sites (tertiary alicyclic amines) is 1. The summed E-state index contributed by atoms with van der Waals surface area (Å²) in [6.07, 6.45) is 0.231. The molecule has 2 aliphatic heterocycles. The molecule has 0 unspecified atom stereocenters. The monoisotopic (exact) mass is 542 g/mol. The summed E-state index contributed by atoms with van der Waals surface area (Å²) in [5, 5.41) is 14.7. The maximum absolute atomic E-state index is 14.0. The van der Waals surface area contributed by atoms with Crippen LogP contribution in [0.25, 0.3) is 0 Å². The largest absolute Gasteiger partial charge is 0.433 e. The van der Waals surface area contributed by atoms with Crippen molar-refractivity contribution in [1.82, 2.24) is 15.2 Å². The van der Waals surface area contributed by atoms with E-state index in [0.717, 1.165) is 25.5 Å². The second-order valence-electron chi connectivity index (χ2n) is 11.6. The fraction of sp³-hybridized carbons (Fsp3) is 0.778. The first-order valence-corrected chi connectivity index (χ1v) is 13.5. The Morgan fingerprint density at radius 2 is 2.08 bits per heavy atom. The minimum Gasteiger partial charge on any atom is -0.389 e. The zero-order chi connectivity index (χ0) is 27.7. The van der Waals surface area contributed by atoms with Gasteiger partial charge in [0, 0.05) is 50.8 Å². The molecule has 2 N–H and O–H groups in total. The van der Waals surface area contributed by atoms with Crippen molar-refractivity contribution in [2.75, 3.05) is 44.9 Å². The van der Waals surface area contributed by atoms with Gasteiger partial charge in [0.1, 0.15) is 5.69 Å². The highest BCUT2D eigenvalue weighted by molar-refractivity contribution is 5.85. The first-order chi connectivity index (χ1) is 17.9. The molecule has 3 aliphatic rings. The first-order valence-electron chi connectivity index (χ1n) is 13.5. The van der Waals surface area contributed by atoms with Crippen molar-refractivity contribution in [2.45, 2.75) is 88.9 Å². The number of carbonyl (C=O) groups excluding carboxylic acids is 1. The Morgan fingerprint density at radius 1 is 1.32 bits per heavy atom. The van der Waals surface area contributed by atoms with E-state index in [4.69, 9.17) is 9.47 Å². The number of pyridine rings is 1. The third-order valence-electron chi connectivity index (χ3n) is 8.62. The Morgan fingerprint density at radius 3 is 2.71 bits per heavy atom. The molecule has 2 saturated heterocycles. The molecule has 1 aliphatic carbocycles. The predicted molar refractivity (Wildman–Crippen MR) is 137 cm³/mol. The number of hydrogen-bond acceptors (Lipinski definition) is 7. The maximum Gasteiger partial charge on any atom is 0.433 e. The van der Waals surface area contributed by atoms with Crippen LogP contribution < -0.4 is 10.2 Å². The molecule has 214 valence electrons. The van der Waals surface area contributed by atoms with Gasteiger partial charge in [0.2, 0.25) is 5.91 Å². The van der Waals surface area contributed by atoms with Gasteiger partial charge in [-0.3, -0.25) is 9.78 Å². The summed E-state index contributed by atoms with van der Waals surface area (Å²) in [5.41, 5.74) is -2.53. The summed E-state index contributed by atoms with van der Waals surface area (Å²) in [6, 6.07) is 2.66. The summed E-state index contributed by atoms with van der Waals surface area (Å²) in [5.74, 6) is -0.0379. The van der Waals surface area contributed by atoms with Crippen LogP contribution in [-0.4, -0.2) is 90.7 Å². The van der Waals surface area contributed by atoms with E-state index in [0.29, 0.717) is 51.3 Å². The number of fused-ring (bicyclic) bond motifs is 2. The molecule has 38 heavy (non-hydrogen) atoms. The second kappa shape index (κ2) is 11.3. The summed E-state index contributed by atoms with van der Waals surface area (Å²) in [7, 11) is 1.66. The van der Waals surface area contributed by atoms with Gasteiger partial charge in [0.05, 0.1) is 29.8 Å². The van der Waals surface area contributed by atoms with Gasteiger partial charge in [-0.2, -0.15) is 13.2 Å². The fourth-order valence-corrected chi connectivity index (χ4v) is 6.29. The van der Waals surface area contributed by atoms with Crippen LogP contribution in [-0.2, 0) is 20.4 Å². The lowest BCUT2D eigenvalue weighted by molar-refractivity contribution is -0.159. The highest BCUT2D eigenvalue weighted by Crippen LogP contribution is 2.50. The van der Waals surface area contributed by atoms with Gasteiger partial charge in [-0.1, -0.05) is 0 Å². The van der Waals surface area contributed by atoms with Crippen LogP contribution >= 0.6 is 0 Å². The number of hydrogen-bond donors (Lipinski definition) is 2. The molecule has 0 radical (unpaired) electrons. The summed E-state index contributed by atoms with van der Waals surface area (Å²) in [4.78, 5) is 21.3. The predicted octanol–water partition coefficient (Wildman–Crippen LogP) is 3.23. The van der Waals surface area contributed by atoms with Crippen molar-refractivity contribution in [3.05, 3.63) is 24.0 Å². The topological polar surface area (TPSA) is 87.2 Å². The number of aliphatic hydroxyl groups is 1. The zero-order valence-electron chi connectivity index (χ0n) is 22.8. The van der Waals surface area contributed by atoms with Gasteiger partial charge in [0.25, 0.3) is 0 Å². The minimum absolute atomic E-state index is 0.0379. The van der Waals surface area contributed by atoms with Crippen molar-refractivity contribution in [3.8, 4) is 0 Å². The number of ether oxygens (including phenoxy) is 2. The van der Waals surface area contributed by atoms with Crippen LogP contribution in [0.2, 0.25) is 0 Å². The van der Waals surface area contributed by atoms with Crippen LogP contribution in [0, 0.1) is 5.41 Å². The standard InChI is InChI=1S/C27H41F3N4O4/c1-18(37-4)17-38-11-5-9-31-19-6-8-26(14-19,25(2,3)36)24(35)34-16-21-12-22(34)15-33(21)20-7-10-32-23(13-20)27(28,29)30/h7,10,13,18-19,21-22,31,36H,5-6,8-9,11-12,14-17H2,1-4H3/t18-,19+,21+,22-,26+/m0/s1. The number of anilines is 1. The Kier molecular flexibility index (Phi) is 8.61. The van der Waals surface area contributed by atoms with Gasteiger partial charge in [-0.05, 0) is 71.6 Å². The molecule has 5 atom stereocenters. The quantitative estimate of drug-likeness (QED) is 0.415. The number of alkyl halides is 3. The lowest BCUT2D eigenvalue weighted by Crippen LogP contribution is -2.58. The average Bonchev–Trinajstić information content (AvgIpc) is 3.59. The lowest BCUT2D eigenvalue weighted by Gasteiger charge is -2.45. The molecule has 4 rings (SSSR count). The molecular formula is C27H41F3N4O4. The Hall–Kier alpha value is -1.95. The fourth-order valence-electron chi connectivity index (χ4n) is 6.29. The number of nitrogens with one attached hydrogen (secondary N) is 1. The molecular weight excluding hydrogens is 501 g/mol. The Balaban J connectivity index is 1.35. The normalized spacial score (nSPS) is 28.4. The van der Waals surface area contributed by atoms with Crippen LogP contribution in [0.1, 0.15) is 58.6 Å². The lowest BCUT2D eigenvalue weighted by atomic mass is 9.70. The van der Waals surface area contributed by atoms with Crippen molar-refractivity contribution in [1.29, 1.82) is 0 Å². The number of nitrogens with zero attached hydrogens (tertiary/aromatic N) is 3. The Labute approximate surface area is 222 Å². The van der Waals surface area contributed by atoms with E-state index < -0.39 is 22.9 Å². The van der Waals surface area contributed by atoms with E-state index in [1.165, 1.54) is 6.20 Å². The highest BCUT2D eigenvalue weighted by atomic mass is 19.4. The molecule has 1 saturated carbocycles. The molecule has 3 heterocycles. The smallest absolute Gasteiger partial charge is 0.389 e. The van der Waals surface area contributed by atoms with Crippen LogP contribution in [0.3, 0.4) is 0 Å². The minimum atomic E-state index is -4.50. The van der Waals surface area contributed by atoms with Crippen molar-refractivity contribution in [3.63, 3.8) is 0 Å². The van der Waals surface area contributed by atoms with E-state index in [1.807, 2.05) is 16.7 Å². The third kappa shape index (κ3) is 5.95. The van der Waals surface area contributed by atoms with Gasteiger partial charge in [-0.25, -0.2) is 0 Å².